The van der Waals surface area contributed by atoms with Gasteiger partial charge in [0.1, 0.15) is 0 Å². The molecule has 0 saturated carbocycles. The summed E-state index contributed by atoms with van der Waals surface area (Å²) in [5.41, 5.74) is 4.78. The number of rotatable bonds is 4. The maximum atomic E-state index is 11.3. The Balaban J connectivity index is 1.79. The summed E-state index contributed by atoms with van der Waals surface area (Å²) < 4.78 is 4.78. The first-order valence-electron chi connectivity index (χ1n) is 7.98. The summed E-state index contributed by atoms with van der Waals surface area (Å²) in [6.45, 7) is 0. The lowest BCUT2D eigenvalue weighted by Crippen LogP contribution is -1.97. The molecule has 3 aromatic carbocycles. The van der Waals surface area contributed by atoms with E-state index in [-0.39, 0.29) is 5.56 Å². The Hall–Kier alpha value is -3.04. The molecular weight excluding hydrogens is 366 g/mol. The summed E-state index contributed by atoms with van der Waals surface area (Å²) in [6.07, 6.45) is 0. The Bertz CT molecular complexity index is 1260. The molecule has 8 heteroatoms. The van der Waals surface area contributed by atoms with Crippen LogP contribution in [0.25, 0.3) is 44.3 Å². The van der Waals surface area contributed by atoms with E-state index in [1.54, 1.807) is 6.07 Å². The summed E-state index contributed by atoms with van der Waals surface area (Å²) >= 11 is 0.999. The minimum atomic E-state index is -0.998. The number of aromatic carboxylic acids is 1. The molecule has 1 aliphatic rings. The molecule has 0 aliphatic heterocycles. The predicted molar refractivity (Wildman–Crippen MR) is 101 cm³/mol. The smallest absolute Gasteiger partial charge is 0.335 e. The first-order valence-corrected chi connectivity index (χ1v) is 8.72. The van der Waals surface area contributed by atoms with Gasteiger partial charge in [-0.2, -0.15) is 5.90 Å². The number of nitrogens with zero attached hydrogens (tertiary/aromatic N) is 2. The van der Waals surface area contributed by atoms with Gasteiger partial charge in [-0.3, -0.25) is 0 Å². The van der Waals surface area contributed by atoms with E-state index in [9.17, 15) is 9.90 Å². The summed E-state index contributed by atoms with van der Waals surface area (Å²) in [5, 5.41) is 11.3. The monoisotopic (exact) mass is 377 g/mol. The van der Waals surface area contributed by atoms with Gasteiger partial charge >= 0.3 is 5.97 Å². The van der Waals surface area contributed by atoms with Crippen LogP contribution < -0.4 is 5.90 Å². The number of carboxylic acids is 1. The highest BCUT2D eigenvalue weighted by Crippen LogP contribution is 2.47. The van der Waals surface area contributed by atoms with Gasteiger partial charge in [0.15, 0.2) is 0 Å². The normalized spacial score (nSPS) is 11.9. The van der Waals surface area contributed by atoms with E-state index in [4.69, 9.17) is 20.2 Å². The second-order valence-corrected chi connectivity index (χ2v) is 6.83. The third kappa shape index (κ3) is 2.47. The van der Waals surface area contributed by atoms with Gasteiger partial charge in [-0.25, -0.2) is 14.8 Å². The number of nitrogens with two attached hydrogens (primary N) is 1. The number of aromatic nitrogens is 2. The Labute approximate surface area is 156 Å². The largest absolute Gasteiger partial charge is 0.478 e. The Morgan fingerprint density at radius 1 is 1.00 bits per heavy atom. The molecule has 27 heavy (non-hydrogen) atoms. The van der Waals surface area contributed by atoms with Crippen LogP contribution in [0.1, 0.15) is 10.4 Å². The van der Waals surface area contributed by atoms with Crippen LogP contribution in [0.2, 0.25) is 0 Å². The van der Waals surface area contributed by atoms with Crippen molar-refractivity contribution in [3.05, 3.63) is 54.1 Å². The molecule has 5 rings (SSSR count). The third-order valence-electron chi connectivity index (χ3n) is 4.54. The molecule has 0 amide bonds. The van der Waals surface area contributed by atoms with E-state index in [1.807, 2.05) is 30.3 Å². The molecule has 132 valence electrons. The number of benzene rings is 3. The van der Waals surface area contributed by atoms with Gasteiger partial charge in [-0.15, -0.1) is 9.32 Å². The van der Waals surface area contributed by atoms with Crippen molar-refractivity contribution in [3.8, 4) is 22.5 Å². The zero-order valence-corrected chi connectivity index (χ0v) is 14.5. The molecule has 0 radical (unpaired) electrons. The van der Waals surface area contributed by atoms with Crippen molar-refractivity contribution < 1.29 is 19.2 Å². The molecule has 1 aromatic heterocycles. The van der Waals surface area contributed by atoms with E-state index in [1.165, 1.54) is 12.1 Å². The number of carbonyl (C=O) groups is 1. The van der Waals surface area contributed by atoms with Crippen molar-refractivity contribution in [2.75, 3.05) is 0 Å². The van der Waals surface area contributed by atoms with Gasteiger partial charge < -0.3 is 5.11 Å². The van der Waals surface area contributed by atoms with Crippen molar-refractivity contribution in [2.45, 2.75) is 4.90 Å². The summed E-state index contributed by atoms with van der Waals surface area (Å²) in [7, 11) is 0. The van der Waals surface area contributed by atoms with Crippen LogP contribution in [-0.2, 0) is 9.32 Å². The van der Waals surface area contributed by atoms with Crippen molar-refractivity contribution in [1.82, 2.24) is 9.97 Å². The topological polar surface area (TPSA) is 108 Å². The molecule has 0 unspecified atom stereocenters. The fraction of sp³-hybridized carbons (Fsp3) is 0. The zero-order valence-electron chi connectivity index (χ0n) is 13.7. The van der Waals surface area contributed by atoms with Gasteiger partial charge in [0, 0.05) is 21.4 Å². The van der Waals surface area contributed by atoms with Gasteiger partial charge in [0.05, 0.1) is 40.0 Å². The molecule has 7 nitrogen and oxygen atoms in total. The number of hydrogen-bond donors (Lipinski definition) is 2. The quantitative estimate of drug-likeness (QED) is 0.275. The lowest BCUT2D eigenvalue weighted by atomic mass is 10.0. The van der Waals surface area contributed by atoms with Crippen molar-refractivity contribution in [1.29, 1.82) is 0 Å². The maximum Gasteiger partial charge on any atom is 0.335 e. The molecule has 0 fully saturated rings. The van der Waals surface area contributed by atoms with Crippen molar-refractivity contribution in [2.24, 2.45) is 5.90 Å². The first-order chi connectivity index (χ1) is 13.2. The highest BCUT2D eigenvalue weighted by Gasteiger charge is 2.25. The van der Waals surface area contributed by atoms with Crippen LogP contribution in [0.15, 0.2) is 53.4 Å². The van der Waals surface area contributed by atoms with E-state index in [0.717, 1.165) is 44.5 Å². The van der Waals surface area contributed by atoms with Crippen LogP contribution in [0.5, 0.6) is 0 Å². The van der Waals surface area contributed by atoms with Crippen LogP contribution >= 0.6 is 12.0 Å². The summed E-state index contributed by atoms with van der Waals surface area (Å²) in [4.78, 5) is 25.7. The Morgan fingerprint density at radius 2 is 1.81 bits per heavy atom. The molecule has 1 aliphatic carbocycles. The molecule has 0 spiro atoms. The Kier molecular flexibility index (Phi) is 3.59. The van der Waals surface area contributed by atoms with Gasteiger partial charge in [0.25, 0.3) is 0 Å². The standard InChI is InChI=1S/C19H11N3O4S/c20-25-26-27-11-6-9-2-1-3-12-16(9)13(8-11)18-17(12)21-14-5-4-10(19(23)24)7-15(14)22-18/h1-8H,20H2,(H,23,24). The van der Waals surface area contributed by atoms with Crippen LogP contribution in [0.3, 0.4) is 0 Å². The highest BCUT2D eigenvalue weighted by atomic mass is 32.2. The molecule has 0 atom stereocenters. The number of fused-ring (bicyclic) bond motifs is 4. The second-order valence-electron chi connectivity index (χ2n) is 6.05. The number of hydrogen-bond acceptors (Lipinski definition) is 7. The van der Waals surface area contributed by atoms with E-state index < -0.39 is 5.97 Å². The zero-order chi connectivity index (χ0) is 18.5. The molecule has 1 heterocycles. The predicted octanol–water partition coefficient (Wildman–Crippen LogP) is 3.96. The highest BCUT2D eigenvalue weighted by molar-refractivity contribution is 7.94. The average molecular weight is 377 g/mol. The van der Waals surface area contributed by atoms with E-state index in [2.05, 4.69) is 4.99 Å². The maximum absolute atomic E-state index is 11.3. The third-order valence-corrected chi connectivity index (χ3v) is 5.12. The average Bonchev–Trinajstić information content (AvgIpc) is 2.99. The van der Waals surface area contributed by atoms with Crippen molar-refractivity contribution >= 4 is 39.8 Å². The van der Waals surface area contributed by atoms with Crippen LogP contribution in [-0.4, -0.2) is 21.0 Å². The van der Waals surface area contributed by atoms with Crippen LogP contribution in [0.4, 0.5) is 0 Å². The molecule has 0 bridgehead atoms. The van der Waals surface area contributed by atoms with E-state index >= 15 is 0 Å². The SMILES string of the molecule is NOOSc1cc2c3c(cccc3c1)-c1nc3ccc(C(=O)O)cc3nc1-2. The lowest BCUT2D eigenvalue weighted by molar-refractivity contribution is -0.195. The minimum absolute atomic E-state index is 0.176. The van der Waals surface area contributed by atoms with Crippen LogP contribution in [0, 0.1) is 0 Å². The minimum Gasteiger partial charge on any atom is -0.478 e. The fourth-order valence-electron chi connectivity index (χ4n) is 3.45. The fourth-order valence-corrected chi connectivity index (χ4v) is 3.91. The molecule has 4 aromatic rings. The van der Waals surface area contributed by atoms with E-state index in [0.29, 0.717) is 16.7 Å². The van der Waals surface area contributed by atoms with Gasteiger partial charge in [-0.1, -0.05) is 18.2 Å². The molecule has 0 saturated heterocycles. The number of carboxylic acid groups (broad SMARTS) is 1. The summed E-state index contributed by atoms with van der Waals surface area (Å²) in [5.74, 6) is 3.94. The second kappa shape index (κ2) is 6.00. The van der Waals surface area contributed by atoms with Crippen molar-refractivity contribution in [3.63, 3.8) is 0 Å². The Morgan fingerprint density at radius 3 is 2.63 bits per heavy atom. The first kappa shape index (κ1) is 16.2. The lowest BCUT2D eigenvalue weighted by Gasteiger charge is -2.06. The van der Waals surface area contributed by atoms with Gasteiger partial charge in [-0.05, 0) is 35.7 Å². The van der Waals surface area contributed by atoms with Gasteiger partial charge in [0.2, 0.25) is 0 Å². The summed E-state index contributed by atoms with van der Waals surface area (Å²) in [6, 6.07) is 14.6. The molecule has 3 N–H and O–H groups in total. The molecular formula is C19H11N3O4S.